The summed E-state index contributed by atoms with van der Waals surface area (Å²) in [4.78, 5) is 19.9. The van der Waals surface area contributed by atoms with Crippen LogP contribution in [-0.4, -0.2) is 33.3 Å². The number of anilines is 2. The first kappa shape index (κ1) is 17.6. The van der Waals surface area contributed by atoms with E-state index in [2.05, 4.69) is 50.1 Å². The lowest BCUT2D eigenvalue weighted by molar-refractivity contribution is 0.460. The highest BCUT2D eigenvalue weighted by molar-refractivity contribution is 5.95. The Morgan fingerprint density at radius 2 is 1.90 bits per heavy atom. The average Bonchev–Trinajstić information content (AvgIpc) is 3.30. The maximum atomic E-state index is 12.5. The number of nitrogens with one attached hydrogen (secondary N) is 4. The van der Waals surface area contributed by atoms with E-state index in [0.717, 1.165) is 35.4 Å². The molecule has 1 fully saturated rings. The van der Waals surface area contributed by atoms with E-state index in [0.29, 0.717) is 17.1 Å². The first-order chi connectivity index (χ1) is 14.3. The lowest BCUT2D eigenvalue weighted by atomic mass is 9.90. The van der Waals surface area contributed by atoms with Gasteiger partial charge in [0.1, 0.15) is 5.82 Å². The molecular formula is C22H22N6O. The molecule has 1 aromatic carbocycles. The molecule has 0 radical (unpaired) electrons. The predicted molar refractivity (Wildman–Crippen MR) is 115 cm³/mol. The van der Waals surface area contributed by atoms with Gasteiger partial charge < -0.3 is 15.6 Å². The van der Waals surface area contributed by atoms with Crippen molar-refractivity contribution in [3.05, 3.63) is 70.9 Å². The lowest BCUT2D eigenvalue weighted by Gasteiger charge is -2.23. The van der Waals surface area contributed by atoms with E-state index < -0.39 is 0 Å². The molecule has 0 bridgehead atoms. The highest BCUT2D eigenvalue weighted by atomic mass is 16.1. The van der Waals surface area contributed by atoms with Crippen molar-refractivity contribution in [2.45, 2.75) is 18.8 Å². The maximum Gasteiger partial charge on any atom is 0.259 e. The number of nitrogens with zero attached hydrogens (tertiary/aromatic N) is 2. The molecule has 1 aliphatic rings. The van der Waals surface area contributed by atoms with E-state index >= 15 is 0 Å². The van der Waals surface area contributed by atoms with Crippen molar-refractivity contribution in [3.8, 4) is 11.3 Å². The summed E-state index contributed by atoms with van der Waals surface area (Å²) in [5.41, 5.74) is 3.73. The van der Waals surface area contributed by atoms with E-state index in [1.807, 2.05) is 12.1 Å². The summed E-state index contributed by atoms with van der Waals surface area (Å²) in [6, 6.07) is 12.3. The number of piperidine rings is 1. The molecular weight excluding hydrogens is 364 g/mol. The molecule has 4 heterocycles. The molecule has 0 unspecified atom stereocenters. The Hall–Kier alpha value is -3.45. The smallest absolute Gasteiger partial charge is 0.259 e. The number of benzene rings is 1. The van der Waals surface area contributed by atoms with Crippen LogP contribution in [-0.2, 0) is 0 Å². The zero-order chi connectivity index (χ0) is 19.6. The third-order valence-corrected chi connectivity index (χ3v) is 5.53. The fourth-order valence-electron chi connectivity index (χ4n) is 3.97. The van der Waals surface area contributed by atoms with Crippen LogP contribution in [0.4, 0.5) is 11.5 Å². The average molecular weight is 386 g/mol. The second-order valence-corrected chi connectivity index (χ2v) is 7.39. The molecule has 146 valence electrons. The Bertz CT molecular complexity index is 1170. The number of rotatable bonds is 4. The minimum Gasteiger partial charge on any atom is -0.340 e. The molecule has 0 spiro atoms. The third-order valence-electron chi connectivity index (χ3n) is 5.53. The van der Waals surface area contributed by atoms with Gasteiger partial charge in [-0.1, -0.05) is 12.1 Å². The first-order valence-electron chi connectivity index (χ1n) is 9.87. The number of hydrogen-bond donors (Lipinski definition) is 4. The van der Waals surface area contributed by atoms with Crippen molar-refractivity contribution in [3.63, 3.8) is 0 Å². The number of aromatic nitrogens is 4. The molecule has 3 aromatic heterocycles. The van der Waals surface area contributed by atoms with Crippen LogP contribution in [0.25, 0.3) is 22.0 Å². The number of hydrogen-bond acceptors (Lipinski definition) is 5. The largest absolute Gasteiger partial charge is 0.340 e. The molecule has 29 heavy (non-hydrogen) atoms. The maximum absolute atomic E-state index is 12.5. The molecule has 0 atom stereocenters. The predicted octanol–water partition coefficient (Wildman–Crippen LogP) is 3.52. The van der Waals surface area contributed by atoms with Crippen LogP contribution in [0.15, 0.2) is 59.8 Å². The van der Waals surface area contributed by atoms with Crippen LogP contribution in [0.3, 0.4) is 0 Å². The molecule has 0 saturated carbocycles. The quantitative estimate of drug-likeness (QED) is 0.430. The van der Waals surface area contributed by atoms with Crippen molar-refractivity contribution in [1.29, 1.82) is 0 Å². The van der Waals surface area contributed by atoms with E-state index in [-0.39, 0.29) is 5.56 Å². The second kappa shape index (κ2) is 7.52. The van der Waals surface area contributed by atoms with Crippen LogP contribution in [0.1, 0.15) is 24.3 Å². The summed E-state index contributed by atoms with van der Waals surface area (Å²) >= 11 is 0. The van der Waals surface area contributed by atoms with Gasteiger partial charge in [-0.3, -0.25) is 9.89 Å². The molecule has 7 heteroatoms. The number of pyridine rings is 2. The highest BCUT2D eigenvalue weighted by Crippen LogP contribution is 2.29. The van der Waals surface area contributed by atoms with E-state index in [1.54, 1.807) is 18.6 Å². The summed E-state index contributed by atoms with van der Waals surface area (Å²) in [5.74, 6) is 1.15. The molecule has 0 aliphatic carbocycles. The number of fused-ring (bicyclic) bond motifs is 1. The number of aromatic amines is 2. The van der Waals surface area contributed by atoms with Crippen molar-refractivity contribution in [1.82, 2.24) is 25.5 Å². The molecule has 4 N–H and O–H groups in total. The van der Waals surface area contributed by atoms with Crippen LogP contribution in [0.2, 0.25) is 0 Å². The molecule has 5 rings (SSSR count). The summed E-state index contributed by atoms with van der Waals surface area (Å²) in [7, 11) is 0. The van der Waals surface area contributed by atoms with Crippen LogP contribution in [0.5, 0.6) is 0 Å². The van der Waals surface area contributed by atoms with Crippen molar-refractivity contribution < 1.29 is 0 Å². The summed E-state index contributed by atoms with van der Waals surface area (Å²) in [6.07, 6.45) is 7.50. The normalized spacial score (nSPS) is 14.9. The monoisotopic (exact) mass is 386 g/mol. The Kier molecular flexibility index (Phi) is 4.57. The Labute approximate surface area is 167 Å². The molecule has 1 saturated heterocycles. The zero-order valence-corrected chi connectivity index (χ0v) is 15.9. The zero-order valence-electron chi connectivity index (χ0n) is 15.9. The first-order valence-corrected chi connectivity index (χ1v) is 9.87. The second-order valence-electron chi connectivity index (χ2n) is 7.39. The van der Waals surface area contributed by atoms with Crippen LogP contribution in [0, 0.1) is 0 Å². The van der Waals surface area contributed by atoms with Crippen LogP contribution >= 0.6 is 0 Å². The molecule has 7 nitrogen and oxygen atoms in total. The van der Waals surface area contributed by atoms with Crippen molar-refractivity contribution >= 4 is 22.3 Å². The van der Waals surface area contributed by atoms with Gasteiger partial charge in [-0.15, -0.1) is 0 Å². The van der Waals surface area contributed by atoms with Crippen LogP contribution < -0.4 is 16.2 Å². The van der Waals surface area contributed by atoms with Gasteiger partial charge in [-0.25, -0.2) is 4.98 Å². The van der Waals surface area contributed by atoms with Gasteiger partial charge in [0.25, 0.3) is 5.56 Å². The van der Waals surface area contributed by atoms with Gasteiger partial charge in [0.05, 0.1) is 17.3 Å². The fourth-order valence-corrected chi connectivity index (χ4v) is 3.97. The SMILES string of the molecule is O=c1[nH]ccc2cc(-c3cn[nH]c3)nc(Nc3ccc(C4CCNCC4)cc3)c12. The summed E-state index contributed by atoms with van der Waals surface area (Å²) in [6.45, 7) is 2.15. The third kappa shape index (κ3) is 3.52. The Balaban J connectivity index is 1.51. The van der Waals surface area contributed by atoms with Gasteiger partial charge in [0.15, 0.2) is 0 Å². The van der Waals surface area contributed by atoms with Gasteiger partial charge >= 0.3 is 0 Å². The molecule has 1 aliphatic heterocycles. The number of H-pyrrole nitrogens is 2. The standard InChI is InChI=1S/C22H22N6O/c29-22-20-16(7-10-24-22)11-19(17-12-25-26-13-17)28-21(20)27-18-3-1-14(2-4-18)15-5-8-23-9-6-15/h1-4,7,10-13,15,23H,5-6,8-9H2,(H,24,29)(H,25,26)(H,27,28). The lowest BCUT2D eigenvalue weighted by Crippen LogP contribution is -2.26. The minimum absolute atomic E-state index is 0.164. The van der Waals surface area contributed by atoms with E-state index in [9.17, 15) is 4.79 Å². The fraction of sp³-hybridized carbons (Fsp3) is 0.227. The van der Waals surface area contributed by atoms with E-state index in [4.69, 9.17) is 4.98 Å². The Morgan fingerprint density at radius 3 is 2.66 bits per heavy atom. The van der Waals surface area contributed by atoms with E-state index in [1.165, 1.54) is 18.4 Å². The molecule has 4 aromatic rings. The van der Waals surface area contributed by atoms with Gasteiger partial charge in [-0.2, -0.15) is 5.10 Å². The Morgan fingerprint density at radius 1 is 1.07 bits per heavy atom. The summed E-state index contributed by atoms with van der Waals surface area (Å²) in [5, 5.41) is 14.9. The van der Waals surface area contributed by atoms with Crippen molar-refractivity contribution in [2.75, 3.05) is 18.4 Å². The topological polar surface area (TPSA) is 98.5 Å². The van der Waals surface area contributed by atoms with Gasteiger partial charge in [-0.05, 0) is 67.1 Å². The van der Waals surface area contributed by atoms with Gasteiger partial charge in [0, 0.05) is 23.6 Å². The summed E-state index contributed by atoms with van der Waals surface area (Å²) < 4.78 is 0. The minimum atomic E-state index is -0.164. The molecule has 0 amide bonds. The van der Waals surface area contributed by atoms with Gasteiger partial charge in [0.2, 0.25) is 0 Å². The highest BCUT2D eigenvalue weighted by Gasteiger charge is 2.15. The van der Waals surface area contributed by atoms with Crippen molar-refractivity contribution in [2.24, 2.45) is 0 Å².